The third kappa shape index (κ3) is 2.59. The molecule has 0 radical (unpaired) electrons. The highest BCUT2D eigenvalue weighted by Crippen LogP contribution is 2.39. The van der Waals surface area contributed by atoms with Crippen LogP contribution in [0.1, 0.15) is 24.1 Å². The first kappa shape index (κ1) is 14.2. The number of halogens is 2. The van der Waals surface area contributed by atoms with Gasteiger partial charge in [0.15, 0.2) is 0 Å². The van der Waals surface area contributed by atoms with E-state index in [1.165, 1.54) is 0 Å². The van der Waals surface area contributed by atoms with Crippen LogP contribution in [0, 0.1) is 0 Å². The molecule has 2 aromatic carbocycles. The molecular formula is C16H14Cl2N2O. The van der Waals surface area contributed by atoms with Gasteiger partial charge in [-0.2, -0.15) is 0 Å². The number of carbonyl (C=O) groups is 1. The minimum atomic E-state index is -0.574. The summed E-state index contributed by atoms with van der Waals surface area (Å²) in [5.74, 6) is 0. The first-order chi connectivity index (χ1) is 9.99. The van der Waals surface area contributed by atoms with Crippen molar-refractivity contribution in [2.75, 3.05) is 0 Å². The molecule has 0 bridgehead atoms. The molecule has 1 aliphatic rings. The van der Waals surface area contributed by atoms with Crippen LogP contribution in [-0.4, -0.2) is 6.03 Å². The Kier molecular flexibility index (Phi) is 3.56. The van der Waals surface area contributed by atoms with Gasteiger partial charge in [-0.15, -0.1) is 0 Å². The van der Waals surface area contributed by atoms with E-state index in [2.05, 4.69) is 10.6 Å². The van der Waals surface area contributed by atoms with Gasteiger partial charge in [0.1, 0.15) is 0 Å². The van der Waals surface area contributed by atoms with Crippen LogP contribution in [0.5, 0.6) is 0 Å². The van der Waals surface area contributed by atoms with Gasteiger partial charge < -0.3 is 10.6 Å². The van der Waals surface area contributed by atoms with E-state index in [1.54, 1.807) is 0 Å². The Bertz CT molecular complexity index is 687. The molecule has 21 heavy (non-hydrogen) atoms. The molecule has 108 valence electrons. The lowest BCUT2D eigenvalue weighted by molar-refractivity contribution is 0.245. The summed E-state index contributed by atoms with van der Waals surface area (Å²) in [6, 6.07) is 14.6. The summed E-state index contributed by atoms with van der Waals surface area (Å²) in [5.41, 5.74) is 1.36. The van der Waals surface area contributed by atoms with Crippen molar-refractivity contribution in [1.29, 1.82) is 0 Å². The molecule has 1 aliphatic heterocycles. The maximum absolute atomic E-state index is 11.9. The van der Waals surface area contributed by atoms with Crippen LogP contribution in [0.2, 0.25) is 10.0 Å². The Hall–Kier alpha value is -1.71. The molecule has 0 aromatic heterocycles. The van der Waals surface area contributed by atoms with E-state index in [0.29, 0.717) is 10.0 Å². The Morgan fingerprint density at radius 2 is 1.76 bits per heavy atom. The maximum Gasteiger partial charge on any atom is 0.316 e. The number of hydrogen-bond donors (Lipinski definition) is 2. The van der Waals surface area contributed by atoms with Crippen molar-refractivity contribution in [1.82, 2.24) is 10.6 Å². The molecule has 0 saturated carbocycles. The van der Waals surface area contributed by atoms with Gasteiger partial charge in [-0.1, -0.05) is 47.5 Å². The molecule has 2 aromatic rings. The fraction of sp³-hybridized carbons (Fsp3) is 0.188. The lowest BCUT2D eigenvalue weighted by atomic mass is 9.82. The lowest BCUT2D eigenvalue weighted by Crippen LogP contribution is -2.39. The Morgan fingerprint density at radius 1 is 1.05 bits per heavy atom. The van der Waals surface area contributed by atoms with E-state index in [-0.39, 0.29) is 12.1 Å². The highest BCUT2D eigenvalue weighted by molar-refractivity contribution is 6.30. The Labute approximate surface area is 133 Å². The normalized spacial score (nSPS) is 24.5. The van der Waals surface area contributed by atoms with Crippen molar-refractivity contribution in [3.8, 4) is 0 Å². The number of urea groups is 1. The highest BCUT2D eigenvalue weighted by atomic mass is 35.5. The van der Waals surface area contributed by atoms with Crippen LogP contribution < -0.4 is 10.6 Å². The van der Waals surface area contributed by atoms with Gasteiger partial charge in [0.05, 0.1) is 11.6 Å². The molecule has 1 heterocycles. The van der Waals surface area contributed by atoms with Crippen molar-refractivity contribution in [3.63, 3.8) is 0 Å². The molecular weight excluding hydrogens is 307 g/mol. The van der Waals surface area contributed by atoms with Gasteiger partial charge in [0.25, 0.3) is 0 Å². The van der Waals surface area contributed by atoms with Crippen molar-refractivity contribution >= 4 is 29.2 Å². The van der Waals surface area contributed by atoms with Crippen molar-refractivity contribution in [2.24, 2.45) is 0 Å². The first-order valence-electron chi connectivity index (χ1n) is 6.59. The Morgan fingerprint density at radius 3 is 2.43 bits per heavy atom. The highest BCUT2D eigenvalue weighted by Gasteiger charge is 2.44. The van der Waals surface area contributed by atoms with Crippen LogP contribution in [0.15, 0.2) is 48.5 Å². The minimum Gasteiger partial charge on any atom is -0.329 e. The van der Waals surface area contributed by atoms with Crippen LogP contribution in [0.25, 0.3) is 0 Å². The predicted octanol–water partition coefficient (Wildman–Crippen LogP) is 4.26. The molecule has 0 unspecified atom stereocenters. The second kappa shape index (κ2) is 5.24. The van der Waals surface area contributed by atoms with Crippen molar-refractivity contribution < 1.29 is 4.79 Å². The zero-order chi connectivity index (χ0) is 15.0. The fourth-order valence-corrected chi connectivity index (χ4v) is 3.06. The van der Waals surface area contributed by atoms with Crippen LogP contribution in [-0.2, 0) is 5.54 Å². The van der Waals surface area contributed by atoms with E-state index < -0.39 is 5.54 Å². The number of carbonyl (C=O) groups excluding carboxylic acids is 1. The first-order valence-corrected chi connectivity index (χ1v) is 7.35. The molecule has 3 nitrogen and oxygen atoms in total. The van der Waals surface area contributed by atoms with E-state index in [4.69, 9.17) is 23.2 Å². The lowest BCUT2D eigenvalue weighted by Gasteiger charge is -2.31. The number of hydrogen-bond acceptors (Lipinski definition) is 1. The number of rotatable bonds is 2. The summed E-state index contributed by atoms with van der Waals surface area (Å²) in [6.45, 7) is 1.98. The second-order valence-electron chi connectivity index (χ2n) is 5.30. The molecule has 3 rings (SSSR count). The largest absolute Gasteiger partial charge is 0.329 e. The molecule has 1 saturated heterocycles. The topological polar surface area (TPSA) is 41.1 Å². The third-order valence-electron chi connectivity index (χ3n) is 3.85. The van der Waals surface area contributed by atoms with Crippen LogP contribution in [0.3, 0.4) is 0 Å². The molecule has 5 heteroatoms. The van der Waals surface area contributed by atoms with E-state index in [9.17, 15) is 4.79 Å². The monoisotopic (exact) mass is 320 g/mol. The molecule has 0 spiro atoms. The summed E-state index contributed by atoms with van der Waals surface area (Å²) < 4.78 is 0. The quantitative estimate of drug-likeness (QED) is 0.852. The number of benzene rings is 2. The second-order valence-corrected chi connectivity index (χ2v) is 6.17. The summed E-state index contributed by atoms with van der Waals surface area (Å²) in [7, 11) is 0. The van der Waals surface area contributed by atoms with Crippen LogP contribution in [0.4, 0.5) is 4.79 Å². The number of amides is 2. The van der Waals surface area contributed by atoms with Gasteiger partial charge in [0, 0.05) is 10.0 Å². The van der Waals surface area contributed by atoms with Crippen molar-refractivity contribution in [2.45, 2.75) is 18.5 Å². The SMILES string of the molecule is C[C@@]1(c2cccc(Cl)c2)NC(=O)N[C@@H]1c1ccc(Cl)cc1. The van der Waals surface area contributed by atoms with Gasteiger partial charge >= 0.3 is 6.03 Å². The fourth-order valence-electron chi connectivity index (χ4n) is 2.74. The third-order valence-corrected chi connectivity index (χ3v) is 4.34. The zero-order valence-corrected chi connectivity index (χ0v) is 12.9. The average Bonchev–Trinajstić information content (AvgIpc) is 2.76. The van der Waals surface area contributed by atoms with Gasteiger partial charge in [-0.25, -0.2) is 4.79 Å². The van der Waals surface area contributed by atoms with Gasteiger partial charge in [0.2, 0.25) is 0 Å². The maximum atomic E-state index is 11.9. The Balaban J connectivity index is 2.06. The van der Waals surface area contributed by atoms with Gasteiger partial charge in [-0.3, -0.25) is 0 Å². The number of nitrogens with one attached hydrogen (secondary N) is 2. The van der Waals surface area contributed by atoms with Crippen molar-refractivity contribution in [3.05, 3.63) is 69.7 Å². The average molecular weight is 321 g/mol. The van der Waals surface area contributed by atoms with E-state index in [0.717, 1.165) is 11.1 Å². The minimum absolute atomic E-state index is 0.194. The molecule has 1 fully saturated rings. The summed E-state index contributed by atoms with van der Waals surface area (Å²) in [5, 5.41) is 7.27. The smallest absolute Gasteiger partial charge is 0.316 e. The molecule has 0 aliphatic carbocycles. The van der Waals surface area contributed by atoms with E-state index >= 15 is 0 Å². The van der Waals surface area contributed by atoms with Crippen LogP contribution >= 0.6 is 23.2 Å². The summed E-state index contributed by atoms with van der Waals surface area (Å²) in [6.07, 6.45) is 0. The molecule has 2 atom stereocenters. The zero-order valence-electron chi connectivity index (χ0n) is 11.4. The molecule has 2 N–H and O–H groups in total. The van der Waals surface area contributed by atoms with E-state index in [1.807, 2.05) is 55.5 Å². The standard InChI is InChI=1S/C16H14Cl2N2O/c1-16(11-3-2-4-13(18)9-11)14(19-15(21)20-16)10-5-7-12(17)8-6-10/h2-9,14H,1H3,(H2,19,20,21)/t14-,16+/m1/s1. The summed E-state index contributed by atoms with van der Waals surface area (Å²) in [4.78, 5) is 11.9. The predicted molar refractivity (Wildman–Crippen MR) is 84.7 cm³/mol. The van der Waals surface area contributed by atoms with Gasteiger partial charge in [-0.05, 0) is 42.3 Å². The summed E-state index contributed by atoms with van der Waals surface area (Å²) >= 11 is 12.0. The molecule has 2 amide bonds.